The molecule has 0 aliphatic carbocycles. The molecule has 0 saturated carbocycles. The van der Waals surface area contributed by atoms with Gasteiger partial charge in [0.05, 0.1) is 6.61 Å². The summed E-state index contributed by atoms with van der Waals surface area (Å²) in [5.41, 5.74) is 8.46. The van der Waals surface area contributed by atoms with Crippen molar-refractivity contribution >= 4 is 5.69 Å². The van der Waals surface area contributed by atoms with Crippen LogP contribution in [0.3, 0.4) is 0 Å². The predicted octanol–water partition coefficient (Wildman–Crippen LogP) is 2.96. The second-order valence-electron chi connectivity index (χ2n) is 4.89. The summed E-state index contributed by atoms with van der Waals surface area (Å²) >= 11 is 0. The Morgan fingerprint density at radius 1 is 1.22 bits per heavy atom. The van der Waals surface area contributed by atoms with Crippen molar-refractivity contribution in [2.24, 2.45) is 5.73 Å². The average molecular weight is 250 g/mol. The molecular formula is C15H26N2O. The van der Waals surface area contributed by atoms with Crippen LogP contribution in [0.5, 0.6) is 0 Å². The van der Waals surface area contributed by atoms with Crippen LogP contribution in [0.25, 0.3) is 0 Å². The van der Waals surface area contributed by atoms with Crippen LogP contribution in [-0.2, 0) is 4.74 Å². The summed E-state index contributed by atoms with van der Waals surface area (Å²) in [6.07, 6.45) is 0.969. The predicted molar refractivity (Wildman–Crippen MR) is 78.0 cm³/mol. The molecule has 1 aromatic carbocycles. The van der Waals surface area contributed by atoms with Crippen LogP contribution < -0.4 is 10.6 Å². The lowest BCUT2D eigenvalue weighted by Crippen LogP contribution is -2.33. The summed E-state index contributed by atoms with van der Waals surface area (Å²) in [5, 5.41) is 0. The van der Waals surface area contributed by atoms with Gasteiger partial charge in [0.1, 0.15) is 0 Å². The first kappa shape index (κ1) is 15.0. The normalized spacial score (nSPS) is 12.8. The Bertz CT molecular complexity index is 335. The zero-order chi connectivity index (χ0) is 13.5. The molecule has 0 spiro atoms. The van der Waals surface area contributed by atoms with Gasteiger partial charge in [-0.1, -0.05) is 19.1 Å². The Morgan fingerprint density at radius 2 is 1.83 bits per heavy atom. The fraction of sp³-hybridized carbons (Fsp3) is 0.600. The Hall–Kier alpha value is -1.06. The van der Waals surface area contributed by atoms with E-state index >= 15 is 0 Å². The van der Waals surface area contributed by atoms with Crippen LogP contribution in [0.15, 0.2) is 24.3 Å². The van der Waals surface area contributed by atoms with Crippen LogP contribution >= 0.6 is 0 Å². The molecule has 0 amide bonds. The maximum absolute atomic E-state index is 6.03. The van der Waals surface area contributed by atoms with Crippen LogP contribution in [0.2, 0.25) is 0 Å². The summed E-state index contributed by atoms with van der Waals surface area (Å²) in [6, 6.07) is 9.18. The quantitative estimate of drug-likeness (QED) is 0.808. The lowest BCUT2D eigenvalue weighted by Gasteiger charge is -2.29. The lowest BCUT2D eigenvalue weighted by atomic mass is 10.0. The van der Waals surface area contributed by atoms with Crippen molar-refractivity contribution in [2.45, 2.75) is 39.3 Å². The largest absolute Gasteiger partial charge is 0.383 e. The van der Waals surface area contributed by atoms with Crippen molar-refractivity contribution in [1.29, 1.82) is 0 Å². The van der Waals surface area contributed by atoms with E-state index in [1.807, 2.05) is 0 Å². The molecule has 0 aromatic heterocycles. The molecule has 1 atom stereocenters. The van der Waals surface area contributed by atoms with Gasteiger partial charge in [-0.25, -0.2) is 0 Å². The Balaban J connectivity index is 2.80. The third-order valence-electron chi connectivity index (χ3n) is 3.25. The third kappa shape index (κ3) is 4.00. The van der Waals surface area contributed by atoms with Crippen LogP contribution in [-0.4, -0.2) is 26.3 Å². The maximum Gasteiger partial charge on any atom is 0.0637 e. The standard InChI is InChI=1S/C15H26N2O/c1-5-15(16)13-6-8-14(9-7-13)17(12(2)3)10-11-18-4/h6-9,12,15H,5,10-11,16H2,1-4H3/t15-/m1/s1. The highest BCUT2D eigenvalue weighted by molar-refractivity contribution is 5.48. The van der Waals surface area contributed by atoms with Crippen molar-refractivity contribution in [1.82, 2.24) is 0 Å². The van der Waals surface area contributed by atoms with Crippen molar-refractivity contribution in [3.63, 3.8) is 0 Å². The highest BCUT2D eigenvalue weighted by atomic mass is 16.5. The minimum Gasteiger partial charge on any atom is -0.383 e. The molecule has 0 fully saturated rings. The number of rotatable bonds is 7. The van der Waals surface area contributed by atoms with E-state index in [0.717, 1.165) is 19.6 Å². The third-order valence-corrected chi connectivity index (χ3v) is 3.25. The minimum atomic E-state index is 0.144. The minimum absolute atomic E-state index is 0.144. The SMILES string of the molecule is CC[C@@H](N)c1ccc(N(CCOC)C(C)C)cc1. The number of benzene rings is 1. The monoisotopic (exact) mass is 250 g/mol. The molecule has 3 nitrogen and oxygen atoms in total. The van der Waals surface area contributed by atoms with Crippen LogP contribution in [0, 0.1) is 0 Å². The number of hydrogen-bond donors (Lipinski definition) is 1. The molecule has 2 N–H and O–H groups in total. The van der Waals surface area contributed by atoms with E-state index in [0.29, 0.717) is 6.04 Å². The van der Waals surface area contributed by atoms with Gasteiger partial charge >= 0.3 is 0 Å². The maximum atomic E-state index is 6.03. The van der Waals surface area contributed by atoms with Gasteiger partial charge in [0.2, 0.25) is 0 Å². The second-order valence-corrected chi connectivity index (χ2v) is 4.89. The smallest absolute Gasteiger partial charge is 0.0637 e. The number of anilines is 1. The summed E-state index contributed by atoms with van der Waals surface area (Å²) in [6.45, 7) is 8.15. The number of nitrogens with zero attached hydrogens (tertiary/aromatic N) is 1. The molecule has 18 heavy (non-hydrogen) atoms. The molecule has 0 aliphatic rings. The van der Waals surface area contributed by atoms with E-state index in [1.165, 1.54) is 11.3 Å². The Kier molecular flexibility index (Phi) is 6.16. The van der Waals surface area contributed by atoms with Gasteiger partial charge in [-0.2, -0.15) is 0 Å². The lowest BCUT2D eigenvalue weighted by molar-refractivity contribution is 0.204. The molecule has 0 saturated heterocycles. The zero-order valence-corrected chi connectivity index (χ0v) is 12.0. The molecule has 0 aliphatic heterocycles. The van der Waals surface area contributed by atoms with Crippen molar-refractivity contribution < 1.29 is 4.74 Å². The van der Waals surface area contributed by atoms with E-state index in [-0.39, 0.29) is 6.04 Å². The summed E-state index contributed by atoms with van der Waals surface area (Å²) in [7, 11) is 1.74. The van der Waals surface area contributed by atoms with Gasteiger partial charge in [0.15, 0.2) is 0 Å². The van der Waals surface area contributed by atoms with Crippen LogP contribution in [0.4, 0.5) is 5.69 Å². The molecule has 0 bridgehead atoms. The molecule has 102 valence electrons. The highest BCUT2D eigenvalue weighted by Gasteiger charge is 2.11. The van der Waals surface area contributed by atoms with Crippen molar-refractivity contribution in [2.75, 3.05) is 25.2 Å². The first-order chi connectivity index (χ1) is 8.60. The van der Waals surface area contributed by atoms with E-state index in [2.05, 4.69) is 49.9 Å². The molecule has 3 heteroatoms. The van der Waals surface area contributed by atoms with Gasteiger partial charge in [-0.3, -0.25) is 0 Å². The first-order valence-corrected chi connectivity index (χ1v) is 6.71. The van der Waals surface area contributed by atoms with Gasteiger partial charge < -0.3 is 15.4 Å². The molecule has 0 unspecified atom stereocenters. The first-order valence-electron chi connectivity index (χ1n) is 6.71. The summed E-state index contributed by atoms with van der Waals surface area (Å²) < 4.78 is 5.16. The van der Waals surface area contributed by atoms with Crippen molar-refractivity contribution in [3.8, 4) is 0 Å². The number of hydrogen-bond acceptors (Lipinski definition) is 3. The van der Waals surface area contributed by atoms with E-state index in [4.69, 9.17) is 10.5 Å². The molecule has 0 radical (unpaired) electrons. The molecular weight excluding hydrogens is 224 g/mol. The van der Waals surface area contributed by atoms with Crippen molar-refractivity contribution in [3.05, 3.63) is 29.8 Å². The van der Waals surface area contributed by atoms with Gasteiger partial charge in [0.25, 0.3) is 0 Å². The zero-order valence-electron chi connectivity index (χ0n) is 12.0. The number of methoxy groups -OCH3 is 1. The van der Waals surface area contributed by atoms with E-state index in [9.17, 15) is 0 Å². The summed E-state index contributed by atoms with van der Waals surface area (Å²) in [5.74, 6) is 0. The number of ether oxygens (including phenoxy) is 1. The fourth-order valence-electron chi connectivity index (χ4n) is 2.02. The van der Waals surface area contributed by atoms with Gasteiger partial charge in [0, 0.05) is 31.4 Å². The van der Waals surface area contributed by atoms with Crippen LogP contribution in [0.1, 0.15) is 38.8 Å². The highest BCUT2D eigenvalue weighted by Crippen LogP contribution is 2.21. The van der Waals surface area contributed by atoms with E-state index < -0.39 is 0 Å². The van der Waals surface area contributed by atoms with Gasteiger partial charge in [-0.15, -0.1) is 0 Å². The number of nitrogens with two attached hydrogens (primary N) is 1. The molecule has 1 rings (SSSR count). The fourth-order valence-corrected chi connectivity index (χ4v) is 2.02. The second kappa shape index (κ2) is 7.39. The van der Waals surface area contributed by atoms with Gasteiger partial charge in [-0.05, 0) is 38.0 Å². The molecule has 1 aromatic rings. The Morgan fingerprint density at radius 3 is 2.28 bits per heavy atom. The Labute approximate surface area is 111 Å². The van der Waals surface area contributed by atoms with E-state index in [1.54, 1.807) is 7.11 Å². The topological polar surface area (TPSA) is 38.5 Å². The summed E-state index contributed by atoms with van der Waals surface area (Å²) in [4.78, 5) is 2.34. The average Bonchev–Trinajstić information content (AvgIpc) is 2.38. The molecule has 0 heterocycles.